The molecule has 5 nitrogen and oxygen atoms in total. The predicted octanol–water partition coefficient (Wildman–Crippen LogP) is 8.48. The lowest BCUT2D eigenvalue weighted by atomic mass is 9.43. The highest BCUT2D eigenvalue weighted by molar-refractivity contribution is 5.84. The van der Waals surface area contributed by atoms with Crippen LogP contribution in [-0.2, 0) is 4.74 Å². The van der Waals surface area contributed by atoms with E-state index in [1.54, 1.807) is 5.57 Å². The van der Waals surface area contributed by atoms with E-state index in [1.807, 2.05) is 5.57 Å². The van der Waals surface area contributed by atoms with Crippen LogP contribution in [0.4, 0.5) is 0 Å². The van der Waals surface area contributed by atoms with Crippen LogP contribution in [0.1, 0.15) is 130 Å². The molecule has 0 aliphatic heterocycles. The van der Waals surface area contributed by atoms with Gasteiger partial charge in [0.15, 0.2) is 0 Å². The number of carbonyl (C=O) groups excluding carboxylic acids is 1. The molecule has 0 saturated heterocycles. The Bertz CT molecular complexity index is 1080. The van der Waals surface area contributed by atoms with Crippen molar-refractivity contribution in [2.45, 2.75) is 125 Å². The summed E-state index contributed by atoms with van der Waals surface area (Å²) in [5.41, 5.74) is 5.90. The van der Waals surface area contributed by atoms with E-state index in [-0.39, 0.29) is 22.8 Å². The first-order valence-corrected chi connectivity index (χ1v) is 14.8. The van der Waals surface area contributed by atoms with Crippen LogP contribution in [0.5, 0.6) is 0 Å². The lowest BCUT2D eigenvalue weighted by Crippen LogP contribution is -2.55. The van der Waals surface area contributed by atoms with Crippen LogP contribution in [0.15, 0.2) is 33.7 Å². The molecule has 0 amide bonds. The van der Waals surface area contributed by atoms with Gasteiger partial charge >= 0.3 is 5.97 Å². The lowest BCUT2D eigenvalue weighted by Gasteiger charge is -2.62. The molecule has 0 bridgehead atoms. The van der Waals surface area contributed by atoms with Gasteiger partial charge in [-0.25, -0.2) is 4.79 Å². The van der Waals surface area contributed by atoms with Gasteiger partial charge in [0.05, 0.1) is 0 Å². The molecule has 4 aliphatic carbocycles. The van der Waals surface area contributed by atoms with Crippen molar-refractivity contribution >= 4 is 5.97 Å². The van der Waals surface area contributed by atoms with Crippen LogP contribution < -0.4 is 0 Å². The maximum atomic E-state index is 12.7. The topological polar surface area (TPSA) is 65.2 Å². The molecule has 204 valence electrons. The Hall–Kier alpha value is -1.91. The molecule has 0 spiro atoms. The Balaban J connectivity index is 1.37. The molecule has 1 heterocycles. The SMILES string of the molecule is CC(C)=CCCCC1CCC2(C)C3=C(CCC12C)C1(C)CCC(OC(=O)c2ncon2)C(C)(C)C1CC3. The van der Waals surface area contributed by atoms with Gasteiger partial charge in [-0.1, -0.05) is 62.6 Å². The second-order valence-electron chi connectivity index (χ2n) is 14.2. The fourth-order valence-corrected chi connectivity index (χ4v) is 9.65. The number of unbranched alkanes of at least 4 members (excludes halogenated alkanes) is 1. The van der Waals surface area contributed by atoms with E-state index in [1.165, 1.54) is 69.8 Å². The number of hydrogen-bond donors (Lipinski definition) is 0. The highest BCUT2D eigenvalue weighted by atomic mass is 16.6. The number of fused-ring (bicyclic) bond motifs is 4. The zero-order valence-corrected chi connectivity index (χ0v) is 24.3. The molecule has 0 aromatic carbocycles. The third-order valence-electron chi connectivity index (χ3n) is 12.0. The average Bonchev–Trinajstić information content (AvgIpc) is 3.46. The van der Waals surface area contributed by atoms with E-state index in [4.69, 9.17) is 9.26 Å². The van der Waals surface area contributed by atoms with Crippen molar-refractivity contribution in [1.29, 1.82) is 0 Å². The normalized spacial score (nSPS) is 38.4. The molecule has 0 N–H and O–H groups in total. The van der Waals surface area contributed by atoms with E-state index in [0.717, 1.165) is 18.8 Å². The second kappa shape index (κ2) is 9.38. The number of rotatable bonds is 6. The van der Waals surface area contributed by atoms with Gasteiger partial charge in [0.1, 0.15) is 6.10 Å². The van der Waals surface area contributed by atoms with Crippen LogP contribution in [0, 0.1) is 33.5 Å². The zero-order valence-electron chi connectivity index (χ0n) is 24.3. The summed E-state index contributed by atoms with van der Waals surface area (Å²) in [6.07, 6.45) is 17.1. The van der Waals surface area contributed by atoms with Crippen molar-refractivity contribution in [3.8, 4) is 0 Å². The fourth-order valence-electron chi connectivity index (χ4n) is 9.65. The van der Waals surface area contributed by atoms with E-state index in [9.17, 15) is 4.79 Å². The fraction of sp³-hybridized carbons (Fsp3) is 0.781. The molecule has 6 unspecified atom stereocenters. The van der Waals surface area contributed by atoms with Crippen LogP contribution in [0.2, 0.25) is 0 Å². The van der Waals surface area contributed by atoms with Gasteiger partial charge in [-0.3, -0.25) is 0 Å². The molecule has 1 aromatic heterocycles. The van der Waals surface area contributed by atoms with Crippen molar-refractivity contribution < 1.29 is 14.1 Å². The number of allylic oxidation sites excluding steroid dienone is 4. The Morgan fingerprint density at radius 2 is 1.84 bits per heavy atom. The third kappa shape index (κ3) is 4.14. The quantitative estimate of drug-likeness (QED) is 0.219. The summed E-state index contributed by atoms with van der Waals surface area (Å²) in [7, 11) is 0. The van der Waals surface area contributed by atoms with Crippen LogP contribution in [-0.4, -0.2) is 22.2 Å². The molecular formula is C32H48N2O3. The zero-order chi connectivity index (χ0) is 26.6. The number of hydrogen-bond acceptors (Lipinski definition) is 5. The monoisotopic (exact) mass is 508 g/mol. The average molecular weight is 509 g/mol. The smallest absolute Gasteiger partial charge is 0.380 e. The van der Waals surface area contributed by atoms with Crippen molar-refractivity contribution in [2.75, 3.05) is 0 Å². The van der Waals surface area contributed by atoms with E-state index >= 15 is 0 Å². The molecule has 4 aliphatic rings. The summed E-state index contributed by atoms with van der Waals surface area (Å²) in [6, 6.07) is 0. The molecule has 2 fully saturated rings. The first kappa shape index (κ1) is 26.7. The molecule has 6 atom stereocenters. The Kier molecular flexibility index (Phi) is 6.76. The first-order valence-electron chi connectivity index (χ1n) is 14.8. The van der Waals surface area contributed by atoms with E-state index < -0.39 is 5.97 Å². The lowest BCUT2D eigenvalue weighted by molar-refractivity contribution is -0.104. The van der Waals surface area contributed by atoms with Crippen molar-refractivity contribution in [3.05, 3.63) is 35.0 Å². The minimum absolute atomic E-state index is 0.0221. The highest BCUT2D eigenvalue weighted by Crippen LogP contribution is 2.72. The molecular weight excluding hydrogens is 460 g/mol. The van der Waals surface area contributed by atoms with Crippen molar-refractivity contribution in [1.82, 2.24) is 10.1 Å². The number of aromatic nitrogens is 2. The maximum absolute atomic E-state index is 12.7. The van der Waals surface area contributed by atoms with Gasteiger partial charge in [-0.05, 0) is 113 Å². The second-order valence-corrected chi connectivity index (χ2v) is 14.2. The minimum Gasteiger partial charge on any atom is -0.456 e. The molecule has 5 heteroatoms. The first-order chi connectivity index (χ1) is 17.4. The summed E-state index contributed by atoms with van der Waals surface area (Å²) >= 11 is 0. The third-order valence-corrected chi connectivity index (χ3v) is 12.0. The largest absolute Gasteiger partial charge is 0.456 e. The number of esters is 1. The molecule has 2 saturated carbocycles. The Morgan fingerprint density at radius 1 is 1.05 bits per heavy atom. The van der Waals surface area contributed by atoms with Crippen LogP contribution in [0.25, 0.3) is 0 Å². The van der Waals surface area contributed by atoms with Crippen LogP contribution >= 0.6 is 0 Å². The maximum Gasteiger partial charge on any atom is 0.380 e. The predicted molar refractivity (Wildman–Crippen MR) is 146 cm³/mol. The van der Waals surface area contributed by atoms with Gasteiger partial charge < -0.3 is 9.26 Å². The number of ether oxygens (including phenoxy) is 1. The molecule has 0 radical (unpaired) electrons. The van der Waals surface area contributed by atoms with Gasteiger partial charge in [0, 0.05) is 5.41 Å². The standard InChI is InChI=1S/C32H48N2O3/c1-21(2)10-8-9-11-22-14-18-32(7)24-12-13-25-29(3,4)26(37-28(35)27-33-20-36-34-27)16-17-30(25,5)23(24)15-19-31(22,32)6/h10,20,22,25-26H,8-9,11-19H2,1-7H3. The van der Waals surface area contributed by atoms with Gasteiger partial charge in [0.2, 0.25) is 6.39 Å². The minimum atomic E-state index is -0.464. The number of carbonyl (C=O) groups is 1. The van der Waals surface area contributed by atoms with Gasteiger partial charge in [-0.2, -0.15) is 4.98 Å². The molecule has 1 aromatic rings. The molecule has 37 heavy (non-hydrogen) atoms. The number of nitrogens with zero attached hydrogens (tertiary/aromatic N) is 2. The Morgan fingerprint density at radius 3 is 2.54 bits per heavy atom. The highest BCUT2D eigenvalue weighted by Gasteiger charge is 2.63. The molecule has 5 rings (SSSR count). The summed E-state index contributed by atoms with van der Waals surface area (Å²) in [5.74, 6) is 0.909. The summed E-state index contributed by atoms with van der Waals surface area (Å²) < 4.78 is 10.8. The summed E-state index contributed by atoms with van der Waals surface area (Å²) in [6.45, 7) is 16.9. The van der Waals surface area contributed by atoms with Gasteiger partial charge in [0.25, 0.3) is 5.82 Å². The van der Waals surface area contributed by atoms with E-state index in [0.29, 0.717) is 16.7 Å². The van der Waals surface area contributed by atoms with E-state index in [2.05, 4.69) is 64.7 Å². The van der Waals surface area contributed by atoms with Crippen molar-refractivity contribution in [2.24, 2.45) is 33.5 Å². The van der Waals surface area contributed by atoms with Crippen molar-refractivity contribution in [3.63, 3.8) is 0 Å². The summed E-state index contributed by atoms with van der Waals surface area (Å²) in [4.78, 5) is 16.6. The van der Waals surface area contributed by atoms with Gasteiger partial charge in [-0.15, -0.1) is 0 Å². The summed E-state index contributed by atoms with van der Waals surface area (Å²) in [5, 5.41) is 3.69. The Labute approximate surface area is 223 Å². The van der Waals surface area contributed by atoms with Crippen LogP contribution in [0.3, 0.4) is 0 Å².